The fourth-order valence-corrected chi connectivity index (χ4v) is 3.97. The van der Waals surface area contributed by atoms with Crippen molar-refractivity contribution in [3.05, 3.63) is 106 Å². The van der Waals surface area contributed by atoms with Gasteiger partial charge in [-0.15, -0.1) is 0 Å². The van der Waals surface area contributed by atoms with Gasteiger partial charge in [-0.25, -0.2) is 5.48 Å². The lowest BCUT2D eigenvalue weighted by molar-refractivity contribution is -0.134. The fourth-order valence-electron chi connectivity index (χ4n) is 3.84. The van der Waals surface area contributed by atoms with Gasteiger partial charge in [-0.2, -0.15) is 0 Å². The second kappa shape index (κ2) is 14.9. The summed E-state index contributed by atoms with van der Waals surface area (Å²) >= 11 is 5.93. The second-order valence-corrected chi connectivity index (χ2v) is 8.99. The topological polar surface area (TPSA) is 96.9 Å². The van der Waals surface area contributed by atoms with E-state index in [0.717, 1.165) is 16.7 Å². The smallest absolute Gasteiger partial charge is 0.251 e. The number of rotatable bonds is 13. The number of nitrogens with one attached hydrogen (secondary N) is 2. The van der Waals surface area contributed by atoms with Gasteiger partial charge in [-0.05, 0) is 53.8 Å². The Morgan fingerprint density at radius 1 is 0.946 bits per heavy atom. The van der Waals surface area contributed by atoms with E-state index in [1.165, 1.54) is 7.11 Å². The van der Waals surface area contributed by atoms with E-state index in [0.29, 0.717) is 17.0 Å². The minimum absolute atomic E-state index is 0.0522. The first-order chi connectivity index (χ1) is 18.0. The number of hydrogen-bond donors (Lipinski definition) is 3. The van der Waals surface area contributed by atoms with Crippen molar-refractivity contribution in [2.75, 3.05) is 20.5 Å². The van der Waals surface area contributed by atoms with E-state index in [4.69, 9.17) is 21.1 Å². The highest BCUT2D eigenvalue weighted by molar-refractivity contribution is 6.30. The molecule has 3 aromatic rings. The van der Waals surface area contributed by atoms with Crippen LogP contribution in [0.25, 0.3) is 12.2 Å². The molecule has 0 spiro atoms. The summed E-state index contributed by atoms with van der Waals surface area (Å²) in [6.07, 6.45) is 4.58. The maximum Gasteiger partial charge on any atom is 0.251 e. The number of benzene rings is 3. The summed E-state index contributed by atoms with van der Waals surface area (Å²) < 4.78 is 10.5. The molecule has 0 heterocycles. The third-order valence-corrected chi connectivity index (χ3v) is 5.99. The van der Waals surface area contributed by atoms with Crippen LogP contribution < -0.4 is 10.8 Å². The number of amides is 2. The van der Waals surface area contributed by atoms with Crippen LogP contribution in [0.3, 0.4) is 0 Å². The van der Waals surface area contributed by atoms with Gasteiger partial charge in [-0.1, -0.05) is 78.4 Å². The van der Waals surface area contributed by atoms with Crippen molar-refractivity contribution in [2.24, 2.45) is 5.92 Å². The lowest BCUT2D eigenvalue weighted by atomic mass is 9.92. The molecule has 0 saturated heterocycles. The second-order valence-electron chi connectivity index (χ2n) is 8.55. The minimum Gasteiger partial charge on any atom is -0.359 e. The van der Waals surface area contributed by atoms with Crippen molar-refractivity contribution >= 4 is 35.6 Å². The van der Waals surface area contributed by atoms with Crippen LogP contribution in [-0.2, 0) is 20.7 Å². The van der Waals surface area contributed by atoms with Crippen LogP contribution in [0.2, 0.25) is 5.02 Å². The summed E-state index contributed by atoms with van der Waals surface area (Å²) in [5, 5.41) is 12.9. The lowest BCUT2D eigenvalue weighted by Gasteiger charge is -2.23. The van der Waals surface area contributed by atoms with E-state index in [-0.39, 0.29) is 25.7 Å². The van der Waals surface area contributed by atoms with Crippen molar-refractivity contribution in [3.63, 3.8) is 0 Å². The molecule has 0 aliphatic heterocycles. The molecule has 37 heavy (non-hydrogen) atoms. The normalized spacial score (nSPS) is 12.7. The molecule has 0 aromatic heterocycles. The zero-order valence-corrected chi connectivity index (χ0v) is 21.4. The van der Waals surface area contributed by atoms with Crippen LogP contribution >= 0.6 is 11.6 Å². The lowest BCUT2D eigenvalue weighted by Crippen LogP contribution is -2.42. The first-order valence-electron chi connectivity index (χ1n) is 11.9. The molecule has 3 N–H and O–H groups in total. The SMILES string of the molecule is COCOC[C@H](C[C@H](Cc1ccccc1)C(=O)NO)NC(=O)c1ccc(/C=C/c2ccc(Cl)cc2)cc1. The van der Waals surface area contributed by atoms with E-state index >= 15 is 0 Å². The summed E-state index contributed by atoms with van der Waals surface area (Å²) in [4.78, 5) is 25.4. The Morgan fingerprint density at radius 3 is 2.16 bits per heavy atom. The number of hydroxylamine groups is 1. The molecular formula is C29H31ClN2O5. The summed E-state index contributed by atoms with van der Waals surface area (Å²) in [7, 11) is 1.51. The largest absolute Gasteiger partial charge is 0.359 e. The van der Waals surface area contributed by atoms with Crippen LogP contribution in [0, 0.1) is 5.92 Å². The van der Waals surface area contributed by atoms with E-state index in [9.17, 15) is 14.8 Å². The average molecular weight is 523 g/mol. The van der Waals surface area contributed by atoms with Gasteiger partial charge in [-0.3, -0.25) is 14.8 Å². The van der Waals surface area contributed by atoms with E-state index in [1.54, 1.807) is 17.6 Å². The van der Waals surface area contributed by atoms with Crippen molar-refractivity contribution < 1.29 is 24.3 Å². The van der Waals surface area contributed by atoms with Crippen LogP contribution in [0.15, 0.2) is 78.9 Å². The molecule has 0 unspecified atom stereocenters. The van der Waals surface area contributed by atoms with Gasteiger partial charge in [0.15, 0.2) is 0 Å². The molecule has 0 saturated carbocycles. The van der Waals surface area contributed by atoms with Gasteiger partial charge in [0, 0.05) is 23.6 Å². The molecule has 0 aliphatic carbocycles. The van der Waals surface area contributed by atoms with Crippen LogP contribution in [0.4, 0.5) is 0 Å². The molecule has 2 atom stereocenters. The molecule has 7 nitrogen and oxygen atoms in total. The van der Waals surface area contributed by atoms with E-state index in [2.05, 4.69) is 5.32 Å². The average Bonchev–Trinajstić information content (AvgIpc) is 2.92. The summed E-state index contributed by atoms with van der Waals surface area (Å²) in [6, 6.07) is 23.7. The van der Waals surface area contributed by atoms with Gasteiger partial charge in [0.05, 0.1) is 12.6 Å². The van der Waals surface area contributed by atoms with Gasteiger partial charge in [0.1, 0.15) is 6.79 Å². The van der Waals surface area contributed by atoms with Crippen LogP contribution in [0.5, 0.6) is 0 Å². The van der Waals surface area contributed by atoms with Crippen molar-refractivity contribution in [3.8, 4) is 0 Å². The van der Waals surface area contributed by atoms with E-state index in [1.807, 2.05) is 78.9 Å². The number of hydrogen-bond acceptors (Lipinski definition) is 5. The highest BCUT2D eigenvalue weighted by Gasteiger charge is 2.25. The van der Waals surface area contributed by atoms with Crippen LogP contribution in [0.1, 0.15) is 33.5 Å². The number of methoxy groups -OCH3 is 1. The van der Waals surface area contributed by atoms with E-state index < -0.39 is 17.9 Å². The highest BCUT2D eigenvalue weighted by Crippen LogP contribution is 2.17. The Morgan fingerprint density at radius 2 is 1.57 bits per heavy atom. The van der Waals surface area contributed by atoms with Gasteiger partial charge in [0.25, 0.3) is 5.91 Å². The third kappa shape index (κ3) is 9.48. The molecule has 0 fully saturated rings. The highest BCUT2D eigenvalue weighted by atomic mass is 35.5. The summed E-state index contributed by atoms with van der Waals surface area (Å²) in [5.41, 5.74) is 5.12. The third-order valence-electron chi connectivity index (χ3n) is 5.74. The maximum atomic E-state index is 13.0. The number of ether oxygens (including phenoxy) is 2. The summed E-state index contributed by atoms with van der Waals surface area (Å²) in [6.45, 7) is 0.196. The number of halogens is 1. The van der Waals surface area contributed by atoms with Crippen molar-refractivity contribution in [1.29, 1.82) is 0 Å². The van der Waals surface area contributed by atoms with Crippen LogP contribution in [-0.4, -0.2) is 43.6 Å². The molecule has 0 radical (unpaired) electrons. The Balaban J connectivity index is 1.67. The molecule has 3 aromatic carbocycles. The number of carbonyl (C=O) groups is 2. The van der Waals surface area contributed by atoms with Crippen molar-refractivity contribution in [1.82, 2.24) is 10.8 Å². The van der Waals surface area contributed by atoms with Crippen molar-refractivity contribution in [2.45, 2.75) is 18.9 Å². The Kier molecular flexibility index (Phi) is 11.3. The van der Waals surface area contributed by atoms with Gasteiger partial charge in [0.2, 0.25) is 5.91 Å². The Labute approximate surface area is 222 Å². The molecule has 8 heteroatoms. The van der Waals surface area contributed by atoms with Gasteiger partial charge >= 0.3 is 0 Å². The zero-order valence-electron chi connectivity index (χ0n) is 20.6. The standard InChI is InChI=1S/C29H31ClN2O5/c1-36-20-37-19-27(18-25(29(34)32-35)17-23-5-3-2-4-6-23)31-28(33)24-13-9-21(10-14-24)7-8-22-11-15-26(30)16-12-22/h2-16,25,27,35H,17-20H2,1H3,(H,31,33)(H,32,34)/b8-7+/t25-,27-/m0/s1. The Hall–Kier alpha value is -3.49. The summed E-state index contributed by atoms with van der Waals surface area (Å²) in [5.74, 6) is -1.39. The Bertz CT molecular complexity index is 1150. The molecule has 0 aliphatic rings. The molecule has 3 rings (SSSR count). The predicted molar refractivity (Wildman–Crippen MR) is 144 cm³/mol. The molecule has 0 bridgehead atoms. The molecule has 194 valence electrons. The zero-order chi connectivity index (χ0) is 26.5. The predicted octanol–water partition coefficient (Wildman–Crippen LogP) is 4.98. The minimum atomic E-state index is -0.579. The quantitative estimate of drug-likeness (QED) is 0.0966. The monoisotopic (exact) mass is 522 g/mol. The first kappa shape index (κ1) is 28.1. The fraction of sp³-hybridized carbons (Fsp3) is 0.241. The number of carbonyl (C=O) groups excluding carboxylic acids is 2. The van der Waals surface area contributed by atoms with Gasteiger partial charge < -0.3 is 14.8 Å². The molecule has 2 amide bonds. The molecular weight excluding hydrogens is 492 g/mol. The first-order valence-corrected chi connectivity index (χ1v) is 12.3. The maximum absolute atomic E-state index is 13.0.